The SMILES string of the molecule is OO.[CaH2].[CaH2].[CaH2].[CaH2].[O]=[Mn](=[O])(=[O])[OH].[O]=[Mn](=[O])(=[O])[OH]. The Bertz CT molecular complexity index is 305. The first-order valence-electron chi connectivity index (χ1n) is 1.46. The first-order chi connectivity index (χ1) is 5.00. The molecule has 10 nitrogen and oxygen atoms in total. The molecule has 0 saturated carbocycles. The van der Waals surface area contributed by atoms with Gasteiger partial charge in [0.15, 0.2) is 0 Å². The van der Waals surface area contributed by atoms with Crippen molar-refractivity contribution in [1.29, 1.82) is 0 Å². The number of rotatable bonds is 0. The predicted octanol–water partition coefficient (Wildman–Crippen LogP) is -5.48. The van der Waals surface area contributed by atoms with E-state index in [2.05, 4.69) is 0 Å². The quantitative estimate of drug-likeness (QED) is 0.160. The van der Waals surface area contributed by atoms with E-state index in [1.165, 1.54) is 0 Å². The molecular formula is H12Ca4Mn2O10. The topological polar surface area (TPSA) is 183 Å². The molecule has 0 aromatic rings. The van der Waals surface area contributed by atoms with Crippen LogP contribution in [0.15, 0.2) is 0 Å². The van der Waals surface area contributed by atoms with Crippen molar-refractivity contribution in [2.24, 2.45) is 0 Å². The van der Waals surface area contributed by atoms with Crippen LogP contribution >= 0.6 is 0 Å². The molecule has 0 amide bonds. The fourth-order valence-electron chi connectivity index (χ4n) is 0. The average molecular weight is 442 g/mol. The van der Waals surface area contributed by atoms with Crippen molar-refractivity contribution in [3.8, 4) is 0 Å². The van der Waals surface area contributed by atoms with Gasteiger partial charge in [-0.15, -0.1) is 0 Å². The second kappa shape index (κ2) is 24.7. The Balaban J connectivity index is -0.0000000144. The van der Waals surface area contributed by atoms with Crippen molar-refractivity contribution in [3.63, 3.8) is 0 Å². The first-order valence-corrected chi connectivity index (χ1v) is 5.41. The molecular weight excluding hydrogens is 430 g/mol. The zero-order valence-electron chi connectivity index (χ0n) is 4.99. The molecule has 0 aliphatic rings. The second-order valence-corrected chi connectivity index (χ2v) is 3.27. The van der Waals surface area contributed by atoms with Gasteiger partial charge in [0.25, 0.3) is 0 Å². The third kappa shape index (κ3) is 264. The molecule has 0 aromatic heterocycles. The summed E-state index contributed by atoms with van der Waals surface area (Å²) in [4.78, 5) is 0. The van der Waals surface area contributed by atoms with Crippen LogP contribution in [0.5, 0.6) is 0 Å². The van der Waals surface area contributed by atoms with Gasteiger partial charge < -0.3 is 0 Å². The van der Waals surface area contributed by atoms with E-state index in [0.717, 1.165) is 0 Å². The molecule has 0 radical (unpaired) electrons. The minimum atomic E-state index is -5.38. The van der Waals surface area contributed by atoms with E-state index in [1.54, 1.807) is 0 Å². The summed E-state index contributed by atoms with van der Waals surface area (Å²) in [5.41, 5.74) is 0. The van der Waals surface area contributed by atoms with Crippen LogP contribution in [0.25, 0.3) is 0 Å². The maximum atomic E-state index is 8.69. The Morgan fingerprint density at radius 1 is 0.500 bits per heavy atom. The van der Waals surface area contributed by atoms with Crippen molar-refractivity contribution in [3.05, 3.63) is 0 Å². The molecule has 0 aromatic carbocycles. The molecule has 0 atom stereocenters. The van der Waals surface area contributed by atoms with Crippen molar-refractivity contribution in [2.45, 2.75) is 0 Å². The van der Waals surface area contributed by atoms with E-state index in [4.69, 9.17) is 41.9 Å². The Morgan fingerprint density at radius 2 is 0.500 bits per heavy atom. The number of hydrogen-bond acceptors (Lipinski definition) is 8. The molecule has 0 fully saturated rings. The molecule has 0 heterocycles. The van der Waals surface area contributed by atoms with Gasteiger partial charge in [0, 0.05) is 0 Å². The summed E-state index contributed by atoms with van der Waals surface area (Å²) in [5.74, 6) is 0. The molecule has 0 saturated heterocycles. The fraction of sp³-hybridized carbons (Fsp3) is 0. The summed E-state index contributed by atoms with van der Waals surface area (Å²) < 4.78 is 66.1. The third-order valence-corrected chi connectivity index (χ3v) is 0. The van der Waals surface area contributed by atoms with Crippen molar-refractivity contribution < 1.29 is 67.8 Å². The van der Waals surface area contributed by atoms with Gasteiger partial charge in [0.05, 0.1) is 0 Å². The standard InChI is InChI=1S/4Ca.2Mn.H2O2.2H2O.6O.8H/c;;;;;;1-2;;;;;;;;;;;;;;;;/h;;;;;;1-2H;2*1H2;;;;;;;;;;;;;;/q;;;;2*+1;;;;;;;;;;;;;;;;;/p-2. The number of hydrogen-bond donors (Lipinski definition) is 4. The van der Waals surface area contributed by atoms with E-state index in [1.807, 2.05) is 0 Å². The van der Waals surface area contributed by atoms with Gasteiger partial charge in [-0.3, -0.25) is 10.5 Å². The van der Waals surface area contributed by atoms with Crippen LogP contribution in [0.4, 0.5) is 0 Å². The Morgan fingerprint density at radius 3 is 0.500 bits per heavy atom. The minimum absolute atomic E-state index is 0. The van der Waals surface area contributed by atoms with E-state index >= 15 is 0 Å². The molecule has 0 rings (SSSR count). The van der Waals surface area contributed by atoms with Crippen LogP contribution in [0.3, 0.4) is 0 Å². The first kappa shape index (κ1) is 42.8. The summed E-state index contributed by atoms with van der Waals surface area (Å²) in [5, 5.41) is 12.0. The second-order valence-electron chi connectivity index (χ2n) is 0.792. The van der Waals surface area contributed by atoms with Crippen molar-refractivity contribution in [2.75, 3.05) is 0 Å². The van der Waals surface area contributed by atoms with Crippen LogP contribution in [0.2, 0.25) is 0 Å². The van der Waals surface area contributed by atoms with Gasteiger partial charge in [-0.1, -0.05) is 0 Å². The van der Waals surface area contributed by atoms with Crippen LogP contribution in [0.1, 0.15) is 0 Å². The summed E-state index contributed by atoms with van der Waals surface area (Å²) in [6, 6.07) is 0. The van der Waals surface area contributed by atoms with Gasteiger partial charge in [0.1, 0.15) is 0 Å². The van der Waals surface area contributed by atoms with Crippen LogP contribution in [0, 0.1) is 0 Å². The summed E-state index contributed by atoms with van der Waals surface area (Å²) in [6.07, 6.45) is 0. The van der Waals surface area contributed by atoms with Gasteiger partial charge >= 0.3 is 208 Å². The maximum absolute atomic E-state index is 8.69. The molecule has 16 heteroatoms. The van der Waals surface area contributed by atoms with Crippen LogP contribution in [-0.2, 0) is 48.9 Å². The molecule has 0 bridgehead atoms. The summed E-state index contributed by atoms with van der Waals surface area (Å²) in [6.45, 7) is 0. The Labute approximate surface area is 213 Å². The van der Waals surface area contributed by atoms with E-state index in [9.17, 15) is 0 Å². The predicted molar refractivity (Wildman–Crippen MR) is 48.0 cm³/mol. The molecule has 0 spiro atoms. The van der Waals surface area contributed by atoms with Gasteiger partial charge in [-0.2, -0.15) is 0 Å². The molecule has 0 aliphatic carbocycles. The molecule has 4 N–H and O–H groups in total. The van der Waals surface area contributed by atoms with Gasteiger partial charge in [-0.25, -0.2) is 0 Å². The van der Waals surface area contributed by atoms with Crippen molar-refractivity contribution in [1.82, 2.24) is 0 Å². The van der Waals surface area contributed by atoms with Gasteiger partial charge in [-0.05, 0) is 0 Å². The average Bonchev–Trinajstić information content (AvgIpc) is 1.59. The molecule has 16 heavy (non-hydrogen) atoms. The molecule has 94 valence electrons. The zero-order chi connectivity index (χ0) is 11.0. The summed E-state index contributed by atoms with van der Waals surface area (Å²) >= 11 is -10.8. The fourth-order valence-corrected chi connectivity index (χ4v) is 0. The van der Waals surface area contributed by atoms with E-state index < -0.39 is 25.9 Å². The summed E-state index contributed by atoms with van der Waals surface area (Å²) in [7, 11) is 0. The Hall–Kier alpha value is 4.72. The molecule has 0 unspecified atom stereocenters. The van der Waals surface area contributed by atoms with Crippen LogP contribution in [-0.4, -0.2) is 170 Å². The van der Waals surface area contributed by atoms with E-state index in [0.29, 0.717) is 0 Å². The Kier molecular flexibility index (Phi) is 66.1. The van der Waals surface area contributed by atoms with Gasteiger partial charge in [0.2, 0.25) is 0 Å². The monoisotopic (exact) mass is 442 g/mol. The van der Waals surface area contributed by atoms with E-state index in [-0.39, 0.29) is 151 Å². The van der Waals surface area contributed by atoms with Crippen LogP contribution < -0.4 is 0 Å². The van der Waals surface area contributed by atoms with Crippen molar-refractivity contribution >= 4 is 151 Å². The third-order valence-electron chi connectivity index (χ3n) is 0. The normalized spacial score (nSPS) is 7.50. The molecule has 0 aliphatic heterocycles. The zero-order valence-corrected chi connectivity index (χ0v) is 7.36.